The lowest BCUT2D eigenvalue weighted by Gasteiger charge is -2.14. The second-order valence-electron chi connectivity index (χ2n) is 6.50. The molecule has 0 aliphatic carbocycles. The molecule has 0 saturated carbocycles. The molecule has 0 radical (unpaired) electrons. The van der Waals surface area contributed by atoms with Gasteiger partial charge in [0, 0.05) is 18.8 Å². The second kappa shape index (κ2) is 8.52. The first-order chi connectivity index (χ1) is 12.7. The van der Waals surface area contributed by atoms with Gasteiger partial charge in [-0.3, -0.25) is 10.1 Å². The summed E-state index contributed by atoms with van der Waals surface area (Å²) in [5, 5.41) is 11.5. The Bertz CT molecular complexity index is 891. The van der Waals surface area contributed by atoms with E-state index < -0.39 is 10.6 Å². The van der Waals surface area contributed by atoms with Crippen molar-refractivity contribution in [3.8, 4) is 17.4 Å². The summed E-state index contributed by atoms with van der Waals surface area (Å²) in [5.41, 5.74) is 0.301. The number of ether oxygens (including phenoxy) is 3. The third kappa shape index (κ3) is 4.96. The van der Waals surface area contributed by atoms with Gasteiger partial charge in [-0.1, -0.05) is 13.8 Å². The number of nitro groups is 1. The summed E-state index contributed by atoms with van der Waals surface area (Å²) >= 11 is 0. The van der Waals surface area contributed by atoms with E-state index in [0.29, 0.717) is 23.7 Å². The summed E-state index contributed by atoms with van der Waals surface area (Å²) < 4.78 is 17.8. The maximum Gasteiger partial charge on any atom is 0.350 e. The van der Waals surface area contributed by atoms with E-state index in [1.54, 1.807) is 20.2 Å². The van der Waals surface area contributed by atoms with Gasteiger partial charge >= 0.3 is 5.69 Å². The third-order valence-corrected chi connectivity index (χ3v) is 3.72. The highest BCUT2D eigenvalue weighted by molar-refractivity contribution is 5.54. The molecule has 1 aromatic carbocycles. The fourth-order valence-electron chi connectivity index (χ4n) is 2.35. The molecule has 1 heterocycles. The molecule has 0 unspecified atom stereocenters. The molecule has 27 heavy (non-hydrogen) atoms. The van der Waals surface area contributed by atoms with Crippen LogP contribution in [0.15, 0.2) is 23.1 Å². The van der Waals surface area contributed by atoms with Gasteiger partial charge in [-0.2, -0.15) is 4.98 Å². The van der Waals surface area contributed by atoms with Crippen LogP contribution in [-0.2, 0) is 13.7 Å². The van der Waals surface area contributed by atoms with Gasteiger partial charge in [0.15, 0.2) is 11.5 Å². The van der Waals surface area contributed by atoms with Crippen LogP contribution < -0.4 is 19.9 Å². The minimum Gasteiger partial charge on any atom is -0.493 e. The van der Waals surface area contributed by atoms with E-state index in [2.05, 4.69) is 4.98 Å². The minimum absolute atomic E-state index is 0.131. The van der Waals surface area contributed by atoms with Crippen LogP contribution in [0.25, 0.3) is 0 Å². The fraction of sp³-hybridized carbons (Fsp3) is 0.444. The molecule has 0 fully saturated rings. The number of rotatable bonds is 8. The Balaban J connectivity index is 2.34. The Morgan fingerprint density at radius 2 is 1.96 bits per heavy atom. The monoisotopic (exact) mass is 377 g/mol. The van der Waals surface area contributed by atoms with Gasteiger partial charge in [-0.25, -0.2) is 4.79 Å². The van der Waals surface area contributed by atoms with Gasteiger partial charge < -0.3 is 18.8 Å². The van der Waals surface area contributed by atoms with E-state index in [1.165, 1.54) is 23.8 Å². The molecule has 9 nitrogen and oxygen atoms in total. The maximum absolute atomic E-state index is 11.7. The molecule has 0 bridgehead atoms. The van der Waals surface area contributed by atoms with Crippen LogP contribution in [0.2, 0.25) is 0 Å². The molecule has 0 spiro atoms. The molecular formula is C18H23N3O6. The molecule has 0 amide bonds. The van der Waals surface area contributed by atoms with Crippen molar-refractivity contribution in [2.24, 2.45) is 13.0 Å². The highest BCUT2D eigenvalue weighted by Gasteiger charge is 2.21. The maximum atomic E-state index is 11.7. The molecule has 0 atom stereocenters. The van der Waals surface area contributed by atoms with E-state index in [0.717, 1.165) is 0 Å². The number of aryl methyl sites for hydroxylation is 2. The number of benzene rings is 1. The van der Waals surface area contributed by atoms with Crippen molar-refractivity contribution >= 4 is 5.69 Å². The standard InChI is InChI=1S/C18H23N3O6/c1-11(2)9-26-16-7-14(21(23)24)13(6-15(16)25-5)10-27-17-12(3)8-20(4)18(22)19-17/h6-8,11H,9-10H2,1-5H3. The van der Waals surface area contributed by atoms with Crippen molar-refractivity contribution in [3.05, 3.63) is 50.1 Å². The van der Waals surface area contributed by atoms with Gasteiger partial charge in [0.05, 0.1) is 30.3 Å². The zero-order chi connectivity index (χ0) is 20.1. The normalized spacial score (nSPS) is 10.7. The van der Waals surface area contributed by atoms with E-state index >= 15 is 0 Å². The average molecular weight is 377 g/mol. The van der Waals surface area contributed by atoms with Gasteiger partial charge in [0.25, 0.3) is 5.69 Å². The van der Waals surface area contributed by atoms with Gasteiger partial charge in [-0.15, -0.1) is 0 Å². The Morgan fingerprint density at radius 3 is 2.56 bits per heavy atom. The highest BCUT2D eigenvalue weighted by Crippen LogP contribution is 2.35. The second-order valence-corrected chi connectivity index (χ2v) is 6.50. The number of nitrogens with zero attached hydrogens (tertiary/aromatic N) is 3. The Hall–Kier alpha value is -3.10. The van der Waals surface area contributed by atoms with E-state index in [1.807, 2.05) is 13.8 Å². The smallest absolute Gasteiger partial charge is 0.350 e. The van der Waals surface area contributed by atoms with Gasteiger partial charge in [-0.05, 0) is 18.9 Å². The lowest BCUT2D eigenvalue weighted by atomic mass is 10.1. The summed E-state index contributed by atoms with van der Waals surface area (Å²) in [5.74, 6) is 1.05. The van der Waals surface area contributed by atoms with E-state index in [9.17, 15) is 14.9 Å². The zero-order valence-electron chi connectivity index (χ0n) is 16.0. The van der Waals surface area contributed by atoms with Crippen molar-refractivity contribution in [3.63, 3.8) is 0 Å². The molecular weight excluding hydrogens is 354 g/mol. The Morgan fingerprint density at radius 1 is 1.26 bits per heavy atom. The Labute approximate surface area is 156 Å². The predicted molar refractivity (Wildman–Crippen MR) is 98.5 cm³/mol. The number of hydrogen-bond acceptors (Lipinski definition) is 7. The van der Waals surface area contributed by atoms with Crippen molar-refractivity contribution in [2.45, 2.75) is 27.4 Å². The fourth-order valence-corrected chi connectivity index (χ4v) is 2.35. The van der Waals surface area contributed by atoms with Gasteiger partial charge in [0.2, 0.25) is 5.88 Å². The number of methoxy groups -OCH3 is 1. The SMILES string of the molecule is COc1cc(COc2nc(=O)n(C)cc2C)c([N+](=O)[O-])cc1OCC(C)C. The van der Waals surface area contributed by atoms with Crippen molar-refractivity contribution in [2.75, 3.05) is 13.7 Å². The highest BCUT2D eigenvalue weighted by atomic mass is 16.6. The van der Waals surface area contributed by atoms with Crippen LogP contribution in [0.3, 0.4) is 0 Å². The summed E-state index contributed by atoms with van der Waals surface area (Å²) in [6.45, 7) is 5.95. The molecule has 146 valence electrons. The van der Waals surface area contributed by atoms with Crippen LogP contribution in [0.1, 0.15) is 25.0 Å². The molecule has 0 aliphatic heterocycles. The largest absolute Gasteiger partial charge is 0.493 e. The van der Waals surface area contributed by atoms with E-state index in [-0.39, 0.29) is 29.7 Å². The predicted octanol–water partition coefficient (Wildman–Crippen LogP) is 2.62. The van der Waals surface area contributed by atoms with Crippen molar-refractivity contribution < 1.29 is 19.1 Å². The summed E-state index contributed by atoms with van der Waals surface area (Å²) in [4.78, 5) is 26.5. The zero-order valence-corrected chi connectivity index (χ0v) is 16.0. The molecule has 0 aliphatic rings. The van der Waals surface area contributed by atoms with Crippen LogP contribution >= 0.6 is 0 Å². The first-order valence-corrected chi connectivity index (χ1v) is 8.38. The van der Waals surface area contributed by atoms with Gasteiger partial charge in [0.1, 0.15) is 6.61 Å². The first kappa shape index (κ1) is 20.2. The van der Waals surface area contributed by atoms with Crippen LogP contribution in [-0.4, -0.2) is 28.2 Å². The average Bonchev–Trinajstić information content (AvgIpc) is 2.61. The summed E-state index contributed by atoms with van der Waals surface area (Å²) in [7, 11) is 3.04. The molecule has 0 saturated heterocycles. The topological polar surface area (TPSA) is 106 Å². The molecule has 0 N–H and O–H groups in total. The van der Waals surface area contributed by atoms with Crippen molar-refractivity contribution in [1.82, 2.24) is 9.55 Å². The molecule has 2 aromatic rings. The molecule has 9 heteroatoms. The lowest BCUT2D eigenvalue weighted by Crippen LogP contribution is -2.21. The number of nitro benzene ring substituents is 1. The van der Waals surface area contributed by atoms with E-state index in [4.69, 9.17) is 14.2 Å². The number of aromatic nitrogens is 2. The third-order valence-electron chi connectivity index (χ3n) is 3.72. The molecule has 1 aromatic heterocycles. The Kier molecular flexibility index (Phi) is 6.38. The lowest BCUT2D eigenvalue weighted by molar-refractivity contribution is -0.385. The van der Waals surface area contributed by atoms with Crippen LogP contribution in [0.5, 0.6) is 17.4 Å². The summed E-state index contributed by atoms with van der Waals surface area (Å²) in [6.07, 6.45) is 1.59. The summed E-state index contributed by atoms with van der Waals surface area (Å²) in [6, 6.07) is 2.83. The van der Waals surface area contributed by atoms with Crippen molar-refractivity contribution in [1.29, 1.82) is 0 Å². The van der Waals surface area contributed by atoms with Crippen LogP contribution in [0, 0.1) is 23.0 Å². The minimum atomic E-state index is -0.509. The quantitative estimate of drug-likeness (QED) is 0.514. The number of hydrogen-bond donors (Lipinski definition) is 0. The first-order valence-electron chi connectivity index (χ1n) is 8.38. The molecule has 2 rings (SSSR count). The van der Waals surface area contributed by atoms with Crippen LogP contribution in [0.4, 0.5) is 5.69 Å².